The molecule has 1 N–H and O–H groups in total. The van der Waals surface area contributed by atoms with E-state index < -0.39 is 5.60 Å². The van der Waals surface area contributed by atoms with Crippen LogP contribution >= 0.6 is 0 Å². The van der Waals surface area contributed by atoms with Crippen LogP contribution in [-0.4, -0.2) is 62.2 Å². The van der Waals surface area contributed by atoms with E-state index in [0.717, 1.165) is 28.1 Å². The van der Waals surface area contributed by atoms with Crippen molar-refractivity contribution in [1.29, 1.82) is 0 Å². The van der Waals surface area contributed by atoms with Crippen LogP contribution in [-0.2, 0) is 4.74 Å². The molecule has 1 saturated heterocycles. The molecule has 4 heterocycles. The summed E-state index contributed by atoms with van der Waals surface area (Å²) in [6, 6.07) is 5.92. The summed E-state index contributed by atoms with van der Waals surface area (Å²) in [5.41, 5.74) is 2.11. The van der Waals surface area contributed by atoms with Gasteiger partial charge in [-0.1, -0.05) is 6.07 Å². The minimum absolute atomic E-state index is 0.0841. The van der Waals surface area contributed by atoms with Crippen molar-refractivity contribution in [3.8, 4) is 11.3 Å². The molecular weight excluding hydrogens is 368 g/mol. The lowest BCUT2D eigenvalue weighted by Crippen LogP contribution is -2.54. The van der Waals surface area contributed by atoms with Gasteiger partial charge in [-0.3, -0.25) is 4.98 Å². The Morgan fingerprint density at radius 1 is 1.21 bits per heavy atom. The lowest BCUT2D eigenvalue weighted by Gasteiger charge is -2.41. The Kier molecular flexibility index (Phi) is 4.86. The number of rotatable bonds is 2. The van der Waals surface area contributed by atoms with E-state index in [-0.39, 0.29) is 12.1 Å². The summed E-state index contributed by atoms with van der Waals surface area (Å²) in [6.07, 6.45) is 5.00. The van der Waals surface area contributed by atoms with Gasteiger partial charge in [-0.2, -0.15) is 0 Å². The fraction of sp³-hybridized carbons (Fsp3) is 0.429. The van der Waals surface area contributed by atoms with Gasteiger partial charge in [-0.15, -0.1) is 0 Å². The smallest absolute Gasteiger partial charge is 0.410 e. The van der Waals surface area contributed by atoms with Crippen molar-refractivity contribution in [2.24, 2.45) is 0 Å². The Labute approximate surface area is 169 Å². The molecule has 0 saturated carbocycles. The predicted molar refractivity (Wildman–Crippen MR) is 112 cm³/mol. The fourth-order valence-electron chi connectivity index (χ4n) is 3.65. The highest BCUT2D eigenvalue weighted by molar-refractivity contribution is 6.00. The number of nitrogens with zero attached hydrogens (tertiary/aromatic N) is 5. The number of pyridine rings is 1. The molecule has 4 rings (SSSR count). The number of H-pyrrole nitrogens is 1. The zero-order valence-electron chi connectivity index (χ0n) is 17.2. The maximum atomic E-state index is 12.5. The maximum absolute atomic E-state index is 12.5. The number of aromatic amines is 1. The summed E-state index contributed by atoms with van der Waals surface area (Å²) in [6.45, 7) is 9.56. The minimum Gasteiger partial charge on any atom is -0.444 e. The molecule has 0 bridgehead atoms. The molecule has 0 radical (unpaired) electrons. The van der Waals surface area contributed by atoms with Gasteiger partial charge >= 0.3 is 6.09 Å². The third kappa shape index (κ3) is 3.87. The fourth-order valence-corrected chi connectivity index (χ4v) is 3.65. The van der Waals surface area contributed by atoms with Gasteiger partial charge in [0.25, 0.3) is 0 Å². The van der Waals surface area contributed by atoms with Crippen molar-refractivity contribution in [3.63, 3.8) is 0 Å². The van der Waals surface area contributed by atoms with E-state index >= 15 is 0 Å². The molecule has 1 atom stereocenters. The Balaban J connectivity index is 1.63. The highest BCUT2D eigenvalue weighted by Crippen LogP contribution is 2.34. The number of fused-ring (bicyclic) bond motifs is 1. The van der Waals surface area contributed by atoms with Gasteiger partial charge in [-0.25, -0.2) is 14.8 Å². The maximum Gasteiger partial charge on any atom is 0.410 e. The molecule has 152 valence electrons. The van der Waals surface area contributed by atoms with Crippen LogP contribution in [0.3, 0.4) is 0 Å². The van der Waals surface area contributed by atoms with E-state index in [9.17, 15) is 4.79 Å². The first-order valence-electron chi connectivity index (χ1n) is 9.81. The van der Waals surface area contributed by atoms with Crippen molar-refractivity contribution >= 4 is 22.9 Å². The van der Waals surface area contributed by atoms with Crippen LogP contribution in [0.15, 0.2) is 36.9 Å². The molecule has 1 aliphatic rings. The van der Waals surface area contributed by atoms with Crippen LogP contribution in [0.5, 0.6) is 0 Å². The molecule has 1 fully saturated rings. The van der Waals surface area contributed by atoms with Gasteiger partial charge in [0.05, 0.1) is 11.1 Å². The topological polar surface area (TPSA) is 87.2 Å². The van der Waals surface area contributed by atoms with Crippen LogP contribution in [0, 0.1) is 0 Å². The lowest BCUT2D eigenvalue weighted by atomic mass is 10.1. The highest BCUT2D eigenvalue weighted by atomic mass is 16.6. The van der Waals surface area contributed by atoms with Crippen LogP contribution < -0.4 is 4.90 Å². The van der Waals surface area contributed by atoms with Crippen molar-refractivity contribution < 1.29 is 9.53 Å². The SMILES string of the molecule is C[C@H]1CN(C(=O)OC(C)(C)C)CCN1c1ncnc2[nH]cc(-c3ccccn3)c12. The average molecular weight is 394 g/mol. The third-order valence-corrected chi connectivity index (χ3v) is 4.94. The van der Waals surface area contributed by atoms with Crippen LogP contribution in [0.25, 0.3) is 22.3 Å². The van der Waals surface area contributed by atoms with E-state index in [1.54, 1.807) is 17.4 Å². The third-order valence-electron chi connectivity index (χ3n) is 4.94. The quantitative estimate of drug-likeness (QED) is 0.716. The Morgan fingerprint density at radius 2 is 2.03 bits per heavy atom. The van der Waals surface area contributed by atoms with E-state index in [4.69, 9.17) is 4.74 Å². The molecule has 1 amide bonds. The Morgan fingerprint density at radius 3 is 2.72 bits per heavy atom. The summed E-state index contributed by atoms with van der Waals surface area (Å²) in [5.74, 6) is 0.855. The van der Waals surface area contributed by atoms with Crippen molar-refractivity contribution in [2.45, 2.75) is 39.3 Å². The summed E-state index contributed by atoms with van der Waals surface area (Å²) in [4.78, 5) is 33.2. The molecule has 3 aromatic heterocycles. The standard InChI is InChI=1S/C21H26N6O2/c1-14-12-26(20(28)29-21(2,3)4)9-10-27(14)19-17-15(16-7-5-6-8-22-16)11-23-18(17)24-13-25-19/h5-8,11,13-14H,9-10,12H2,1-4H3,(H,23,24,25)/t14-/m0/s1. The van der Waals surface area contributed by atoms with Gasteiger partial charge in [0.15, 0.2) is 0 Å². The summed E-state index contributed by atoms with van der Waals surface area (Å²) in [7, 11) is 0. The van der Waals surface area contributed by atoms with Gasteiger partial charge in [-0.05, 0) is 39.8 Å². The molecule has 29 heavy (non-hydrogen) atoms. The average Bonchev–Trinajstić information content (AvgIpc) is 3.12. The van der Waals surface area contributed by atoms with Crippen LogP contribution in [0.2, 0.25) is 0 Å². The number of hydrogen-bond acceptors (Lipinski definition) is 6. The number of hydrogen-bond donors (Lipinski definition) is 1. The number of ether oxygens (including phenoxy) is 1. The number of carbonyl (C=O) groups is 1. The molecule has 3 aromatic rings. The zero-order chi connectivity index (χ0) is 20.6. The Bertz CT molecular complexity index is 1010. The van der Waals surface area contributed by atoms with Crippen molar-refractivity contribution in [1.82, 2.24) is 24.8 Å². The molecular formula is C21H26N6O2. The van der Waals surface area contributed by atoms with Crippen LogP contribution in [0.1, 0.15) is 27.7 Å². The first-order chi connectivity index (χ1) is 13.8. The number of amides is 1. The number of anilines is 1. The van der Waals surface area contributed by atoms with Gasteiger partial charge < -0.3 is 19.5 Å². The molecule has 0 spiro atoms. The normalized spacial score (nSPS) is 17.6. The molecule has 8 heteroatoms. The molecule has 0 aromatic carbocycles. The molecule has 1 aliphatic heterocycles. The van der Waals surface area contributed by atoms with Gasteiger partial charge in [0, 0.05) is 43.6 Å². The second kappa shape index (κ2) is 7.35. The first kappa shape index (κ1) is 19.2. The lowest BCUT2D eigenvalue weighted by molar-refractivity contribution is 0.0218. The number of nitrogens with one attached hydrogen (secondary N) is 1. The van der Waals surface area contributed by atoms with Gasteiger partial charge in [0.1, 0.15) is 23.4 Å². The van der Waals surface area contributed by atoms with Gasteiger partial charge in [0.2, 0.25) is 0 Å². The monoisotopic (exact) mass is 394 g/mol. The number of aromatic nitrogens is 4. The second-order valence-electron chi connectivity index (χ2n) is 8.31. The zero-order valence-corrected chi connectivity index (χ0v) is 17.2. The number of piperazine rings is 1. The van der Waals surface area contributed by atoms with Crippen molar-refractivity contribution in [3.05, 3.63) is 36.9 Å². The highest BCUT2D eigenvalue weighted by Gasteiger charge is 2.31. The summed E-state index contributed by atoms with van der Waals surface area (Å²) in [5, 5.41) is 0.948. The Hall–Kier alpha value is -3.16. The van der Waals surface area contributed by atoms with E-state index in [0.29, 0.717) is 19.6 Å². The van der Waals surface area contributed by atoms with E-state index in [1.807, 2.05) is 45.2 Å². The summed E-state index contributed by atoms with van der Waals surface area (Å²) < 4.78 is 5.53. The van der Waals surface area contributed by atoms with E-state index in [2.05, 4.69) is 31.8 Å². The largest absolute Gasteiger partial charge is 0.444 e. The molecule has 8 nitrogen and oxygen atoms in total. The van der Waals surface area contributed by atoms with Crippen molar-refractivity contribution in [2.75, 3.05) is 24.5 Å². The molecule has 0 unspecified atom stereocenters. The second-order valence-corrected chi connectivity index (χ2v) is 8.31. The van der Waals surface area contributed by atoms with Crippen LogP contribution in [0.4, 0.5) is 10.6 Å². The minimum atomic E-state index is -0.501. The van der Waals surface area contributed by atoms with E-state index in [1.165, 1.54) is 0 Å². The first-order valence-corrected chi connectivity index (χ1v) is 9.81. The number of carbonyl (C=O) groups excluding carboxylic acids is 1. The predicted octanol–water partition coefficient (Wildman–Crippen LogP) is 3.47. The summed E-state index contributed by atoms with van der Waals surface area (Å²) >= 11 is 0. The molecule has 0 aliphatic carbocycles.